The van der Waals surface area contributed by atoms with Crippen LogP contribution in [0.1, 0.15) is 31.7 Å². The minimum absolute atomic E-state index is 0.0315. The smallest absolute Gasteiger partial charge is 0.408 e. The Morgan fingerprint density at radius 2 is 2.29 bits per heavy atom. The molecule has 0 saturated carbocycles. The molecule has 1 heterocycles. The molecule has 0 aromatic heterocycles. The number of nitrogens with one attached hydrogen (secondary N) is 1. The second kappa shape index (κ2) is 7.09. The van der Waals surface area contributed by atoms with Gasteiger partial charge in [0.05, 0.1) is 18.8 Å². The maximum Gasteiger partial charge on any atom is 0.408 e. The zero-order valence-corrected chi connectivity index (χ0v) is 12.2. The first-order valence-electron chi connectivity index (χ1n) is 7.19. The van der Waals surface area contributed by atoms with Crippen molar-refractivity contribution in [3.05, 3.63) is 35.9 Å². The van der Waals surface area contributed by atoms with Crippen molar-refractivity contribution in [3.63, 3.8) is 0 Å². The fraction of sp³-hybridized carbons (Fsp3) is 0.500. The van der Waals surface area contributed by atoms with E-state index >= 15 is 0 Å². The number of nitriles is 1. The molecule has 1 amide bonds. The zero-order chi connectivity index (χ0) is 15.1. The first kappa shape index (κ1) is 15.3. The second-order valence-corrected chi connectivity index (χ2v) is 5.31. The van der Waals surface area contributed by atoms with Gasteiger partial charge in [0.25, 0.3) is 0 Å². The lowest BCUT2D eigenvalue weighted by atomic mass is 9.96. The van der Waals surface area contributed by atoms with E-state index in [1.807, 2.05) is 30.3 Å². The van der Waals surface area contributed by atoms with Gasteiger partial charge in [-0.2, -0.15) is 5.26 Å². The topological polar surface area (TPSA) is 71.4 Å². The molecular weight excluding hydrogens is 268 g/mol. The summed E-state index contributed by atoms with van der Waals surface area (Å²) in [5.74, 6) is 0. The number of rotatable bonds is 5. The van der Waals surface area contributed by atoms with Gasteiger partial charge in [-0.3, -0.25) is 0 Å². The zero-order valence-electron chi connectivity index (χ0n) is 12.2. The van der Waals surface area contributed by atoms with Gasteiger partial charge in [-0.15, -0.1) is 0 Å². The molecule has 5 nitrogen and oxygen atoms in total. The highest BCUT2D eigenvalue weighted by atomic mass is 16.5. The molecule has 0 radical (unpaired) electrons. The van der Waals surface area contributed by atoms with Gasteiger partial charge in [-0.25, -0.2) is 4.79 Å². The van der Waals surface area contributed by atoms with E-state index in [0.29, 0.717) is 6.42 Å². The van der Waals surface area contributed by atoms with E-state index in [2.05, 4.69) is 18.3 Å². The van der Waals surface area contributed by atoms with Crippen molar-refractivity contribution in [1.29, 1.82) is 5.26 Å². The van der Waals surface area contributed by atoms with Crippen LogP contribution in [0.25, 0.3) is 0 Å². The van der Waals surface area contributed by atoms with Gasteiger partial charge in [0, 0.05) is 6.42 Å². The lowest BCUT2D eigenvalue weighted by Gasteiger charge is -2.20. The number of benzene rings is 1. The summed E-state index contributed by atoms with van der Waals surface area (Å²) < 4.78 is 10.7. The van der Waals surface area contributed by atoms with Crippen molar-refractivity contribution in [1.82, 2.24) is 5.32 Å². The highest BCUT2D eigenvalue weighted by Crippen LogP contribution is 2.26. The van der Waals surface area contributed by atoms with Crippen LogP contribution in [0.2, 0.25) is 0 Å². The number of carbonyl (C=O) groups excluding carboxylic acids is 1. The summed E-state index contributed by atoms with van der Waals surface area (Å²) >= 11 is 0. The fourth-order valence-electron chi connectivity index (χ4n) is 2.42. The predicted molar refractivity (Wildman–Crippen MR) is 77.4 cm³/mol. The summed E-state index contributed by atoms with van der Waals surface area (Å²) in [5, 5.41) is 12.0. The average molecular weight is 288 g/mol. The minimum atomic E-state index is -0.965. The minimum Gasteiger partial charge on any atom is -0.445 e. The van der Waals surface area contributed by atoms with Gasteiger partial charge < -0.3 is 14.8 Å². The van der Waals surface area contributed by atoms with Crippen LogP contribution in [0.4, 0.5) is 4.79 Å². The molecule has 0 spiro atoms. The first-order chi connectivity index (χ1) is 10.2. The van der Waals surface area contributed by atoms with Crippen molar-refractivity contribution >= 4 is 6.09 Å². The van der Waals surface area contributed by atoms with Gasteiger partial charge >= 0.3 is 6.09 Å². The van der Waals surface area contributed by atoms with Crippen LogP contribution >= 0.6 is 0 Å². The molecule has 1 aliphatic rings. The molecule has 1 aliphatic heterocycles. The Morgan fingerprint density at radius 1 is 1.52 bits per heavy atom. The molecule has 1 aromatic rings. The highest BCUT2D eigenvalue weighted by molar-refractivity contribution is 5.69. The molecule has 2 unspecified atom stereocenters. The Morgan fingerprint density at radius 3 is 2.95 bits per heavy atom. The average Bonchev–Trinajstić information content (AvgIpc) is 2.90. The van der Waals surface area contributed by atoms with E-state index in [1.165, 1.54) is 0 Å². The van der Waals surface area contributed by atoms with Crippen molar-refractivity contribution in [2.24, 2.45) is 0 Å². The molecule has 2 rings (SSSR count). The number of hydrogen-bond donors (Lipinski definition) is 1. The van der Waals surface area contributed by atoms with E-state index in [9.17, 15) is 10.1 Å². The van der Waals surface area contributed by atoms with E-state index in [4.69, 9.17) is 9.47 Å². The predicted octanol–water partition coefficient (Wildman–Crippen LogP) is 2.76. The van der Waals surface area contributed by atoms with Gasteiger partial charge in [0.2, 0.25) is 0 Å². The summed E-state index contributed by atoms with van der Waals surface area (Å²) in [6, 6.07) is 11.6. The number of nitrogens with zero attached hydrogens (tertiary/aromatic N) is 1. The van der Waals surface area contributed by atoms with Gasteiger partial charge in [0.15, 0.2) is 5.54 Å². The van der Waals surface area contributed by atoms with Crippen LogP contribution in [0.15, 0.2) is 30.3 Å². The van der Waals surface area contributed by atoms with Crippen LogP contribution in [0.5, 0.6) is 0 Å². The molecule has 21 heavy (non-hydrogen) atoms. The summed E-state index contributed by atoms with van der Waals surface area (Å²) in [6.45, 7) is 2.47. The van der Waals surface area contributed by atoms with Gasteiger partial charge in [-0.05, 0) is 12.0 Å². The Hall–Kier alpha value is -2.06. The normalized spacial score (nSPS) is 24.3. The number of alkyl carbamates (subject to hydrolysis) is 1. The molecule has 0 aliphatic carbocycles. The quantitative estimate of drug-likeness (QED) is 0.904. The van der Waals surface area contributed by atoms with Crippen molar-refractivity contribution in [2.75, 3.05) is 6.61 Å². The summed E-state index contributed by atoms with van der Waals surface area (Å²) in [7, 11) is 0. The molecule has 1 N–H and O–H groups in total. The van der Waals surface area contributed by atoms with Gasteiger partial charge in [0.1, 0.15) is 6.61 Å². The van der Waals surface area contributed by atoms with Crippen LogP contribution in [0.3, 0.4) is 0 Å². The van der Waals surface area contributed by atoms with Crippen LogP contribution in [-0.2, 0) is 16.1 Å². The summed E-state index contributed by atoms with van der Waals surface area (Å²) in [5.41, 5.74) is -0.0571. The molecule has 0 bridgehead atoms. The lowest BCUT2D eigenvalue weighted by Crippen LogP contribution is -2.48. The monoisotopic (exact) mass is 288 g/mol. The number of hydrogen-bond acceptors (Lipinski definition) is 4. The maximum absolute atomic E-state index is 11.9. The SMILES string of the molecule is CCCC1CC(C#N)(NC(=O)OCc2ccccc2)CO1. The Labute approximate surface area is 124 Å². The molecular formula is C16H20N2O3. The third-order valence-corrected chi connectivity index (χ3v) is 3.52. The number of amides is 1. The van der Waals surface area contributed by atoms with Crippen molar-refractivity contribution in [2.45, 2.75) is 44.4 Å². The van der Waals surface area contributed by atoms with Crippen molar-refractivity contribution in [3.8, 4) is 6.07 Å². The molecule has 1 aromatic carbocycles. The van der Waals surface area contributed by atoms with E-state index in [0.717, 1.165) is 18.4 Å². The first-order valence-corrected chi connectivity index (χ1v) is 7.19. The molecule has 112 valence electrons. The maximum atomic E-state index is 11.9. The van der Waals surface area contributed by atoms with Crippen LogP contribution in [-0.4, -0.2) is 24.3 Å². The second-order valence-electron chi connectivity index (χ2n) is 5.31. The fourth-order valence-corrected chi connectivity index (χ4v) is 2.42. The number of carbonyl (C=O) groups is 1. The van der Waals surface area contributed by atoms with Gasteiger partial charge in [-0.1, -0.05) is 43.7 Å². The third kappa shape index (κ3) is 4.20. The van der Waals surface area contributed by atoms with E-state index in [-0.39, 0.29) is 19.3 Å². The van der Waals surface area contributed by atoms with Crippen LogP contribution < -0.4 is 5.32 Å². The summed E-state index contributed by atoms with van der Waals surface area (Å²) in [4.78, 5) is 11.9. The Bertz CT molecular complexity index is 512. The van der Waals surface area contributed by atoms with E-state index < -0.39 is 11.6 Å². The molecule has 2 atom stereocenters. The largest absolute Gasteiger partial charge is 0.445 e. The molecule has 5 heteroatoms. The lowest BCUT2D eigenvalue weighted by molar-refractivity contribution is 0.0948. The molecule has 1 saturated heterocycles. The van der Waals surface area contributed by atoms with Crippen molar-refractivity contribution < 1.29 is 14.3 Å². The standard InChI is InChI=1S/C16H20N2O3/c1-2-6-14-9-16(11-17,12-21-14)18-15(19)20-10-13-7-4-3-5-8-13/h3-5,7-8,14H,2,6,9-10,12H2,1H3,(H,18,19). The van der Waals surface area contributed by atoms with Crippen LogP contribution in [0, 0.1) is 11.3 Å². The molecule has 1 fully saturated rings. The third-order valence-electron chi connectivity index (χ3n) is 3.52. The number of ether oxygens (including phenoxy) is 2. The highest BCUT2D eigenvalue weighted by Gasteiger charge is 2.42. The van der Waals surface area contributed by atoms with E-state index in [1.54, 1.807) is 0 Å². The summed E-state index contributed by atoms with van der Waals surface area (Å²) in [6.07, 6.45) is 1.84. The Balaban J connectivity index is 1.85. The Kier molecular flexibility index (Phi) is 5.18.